The summed E-state index contributed by atoms with van der Waals surface area (Å²) in [6.45, 7) is 0. The van der Waals surface area contributed by atoms with Gasteiger partial charge in [-0.05, 0) is 41.7 Å². The number of benzene rings is 2. The maximum absolute atomic E-state index is 13.2. The van der Waals surface area contributed by atoms with Gasteiger partial charge in [0.15, 0.2) is 0 Å². The van der Waals surface area contributed by atoms with Crippen molar-refractivity contribution in [1.29, 1.82) is 0 Å². The van der Waals surface area contributed by atoms with Crippen LogP contribution in [0.1, 0.15) is 29.5 Å². The third-order valence-electron chi connectivity index (χ3n) is 4.79. The Kier molecular flexibility index (Phi) is 3.15. The van der Waals surface area contributed by atoms with Gasteiger partial charge in [0.05, 0.1) is 11.0 Å². The predicted molar refractivity (Wildman–Crippen MR) is 85.8 cm³/mol. The highest BCUT2D eigenvalue weighted by Gasteiger charge is 2.38. The molecule has 0 aromatic heterocycles. The molecule has 2 aliphatic rings. The van der Waals surface area contributed by atoms with Crippen molar-refractivity contribution in [2.45, 2.75) is 18.4 Å². The summed E-state index contributed by atoms with van der Waals surface area (Å²) in [5.74, 6) is 0.192. The van der Waals surface area contributed by atoms with Gasteiger partial charge >= 0.3 is 0 Å². The number of nitrogens with zero attached hydrogens (tertiary/aromatic N) is 1. The Hall–Kier alpha value is -2.69. The molecule has 0 fully saturated rings. The standard InChI is InChI=1S/C18H15FN2O2/c19-12-6-4-11(5-7-12)18-15-3-1-2-14(15)16-10-13(21(22)23)8-9-17(16)20-18/h1-2,4-10,14-15,18,20H,3H2. The minimum Gasteiger partial charge on any atom is -0.378 e. The number of anilines is 1. The number of hydrogen-bond acceptors (Lipinski definition) is 3. The molecular weight excluding hydrogens is 295 g/mol. The maximum atomic E-state index is 13.2. The second-order valence-corrected chi connectivity index (χ2v) is 6.06. The molecule has 116 valence electrons. The highest BCUT2D eigenvalue weighted by molar-refractivity contribution is 5.62. The Morgan fingerprint density at radius 1 is 1.17 bits per heavy atom. The average molecular weight is 310 g/mol. The van der Waals surface area contributed by atoms with Gasteiger partial charge in [0, 0.05) is 23.7 Å². The first-order valence-electron chi connectivity index (χ1n) is 7.60. The van der Waals surface area contributed by atoms with Crippen LogP contribution >= 0.6 is 0 Å². The van der Waals surface area contributed by atoms with Gasteiger partial charge in [-0.25, -0.2) is 4.39 Å². The third-order valence-corrected chi connectivity index (χ3v) is 4.79. The molecule has 4 rings (SSSR count). The number of rotatable bonds is 2. The van der Waals surface area contributed by atoms with E-state index < -0.39 is 0 Å². The summed E-state index contributed by atoms with van der Waals surface area (Å²) < 4.78 is 13.2. The lowest BCUT2D eigenvalue weighted by Crippen LogP contribution is -2.29. The molecule has 3 atom stereocenters. The number of fused-ring (bicyclic) bond motifs is 3. The summed E-state index contributed by atoms with van der Waals surface area (Å²) in [6, 6.07) is 11.6. The molecule has 23 heavy (non-hydrogen) atoms. The summed E-state index contributed by atoms with van der Waals surface area (Å²) in [6.07, 6.45) is 5.16. The molecule has 0 spiro atoms. The number of allylic oxidation sites excluding steroid dienone is 2. The summed E-state index contributed by atoms with van der Waals surface area (Å²) in [4.78, 5) is 10.7. The molecule has 1 aliphatic carbocycles. The van der Waals surface area contributed by atoms with E-state index in [0.29, 0.717) is 0 Å². The van der Waals surface area contributed by atoms with E-state index in [9.17, 15) is 14.5 Å². The van der Waals surface area contributed by atoms with Crippen LogP contribution in [0.2, 0.25) is 0 Å². The van der Waals surface area contributed by atoms with Crippen molar-refractivity contribution in [2.75, 3.05) is 5.32 Å². The van der Waals surface area contributed by atoms with E-state index in [1.54, 1.807) is 24.3 Å². The van der Waals surface area contributed by atoms with E-state index in [4.69, 9.17) is 0 Å². The van der Waals surface area contributed by atoms with Gasteiger partial charge in [-0.3, -0.25) is 10.1 Å². The van der Waals surface area contributed by atoms with Gasteiger partial charge in [-0.1, -0.05) is 24.3 Å². The average Bonchev–Trinajstić information content (AvgIpc) is 3.04. The Morgan fingerprint density at radius 2 is 1.96 bits per heavy atom. The number of hydrogen-bond donors (Lipinski definition) is 1. The number of nitro groups is 1. The van der Waals surface area contributed by atoms with Crippen LogP contribution in [0.3, 0.4) is 0 Å². The van der Waals surface area contributed by atoms with E-state index >= 15 is 0 Å². The third kappa shape index (κ3) is 2.29. The molecule has 1 heterocycles. The minimum atomic E-state index is -0.361. The molecule has 1 aliphatic heterocycles. The van der Waals surface area contributed by atoms with E-state index in [1.807, 2.05) is 0 Å². The van der Waals surface area contributed by atoms with Crippen LogP contribution in [0.5, 0.6) is 0 Å². The van der Waals surface area contributed by atoms with Crippen molar-refractivity contribution in [3.05, 3.63) is 81.7 Å². The van der Waals surface area contributed by atoms with E-state index in [2.05, 4.69) is 17.5 Å². The van der Waals surface area contributed by atoms with Gasteiger partial charge in [0.1, 0.15) is 5.82 Å². The highest BCUT2D eigenvalue weighted by atomic mass is 19.1. The first-order valence-corrected chi connectivity index (χ1v) is 7.60. The van der Waals surface area contributed by atoms with Crippen molar-refractivity contribution < 1.29 is 9.31 Å². The van der Waals surface area contributed by atoms with Crippen molar-refractivity contribution in [3.8, 4) is 0 Å². The van der Waals surface area contributed by atoms with Crippen LogP contribution in [0.25, 0.3) is 0 Å². The second-order valence-electron chi connectivity index (χ2n) is 6.06. The Labute approximate surface area is 132 Å². The monoisotopic (exact) mass is 310 g/mol. The fraction of sp³-hybridized carbons (Fsp3) is 0.222. The minimum absolute atomic E-state index is 0.0737. The van der Waals surface area contributed by atoms with Gasteiger partial charge in [-0.15, -0.1) is 0 Å². The topological polar surface area (TPSA) is 55.2 Å². The van der Waals surface area contributed by atoms with Gasteiger partial charge in [0.2, 0.25) is 0 Å². The molecule has 5 heteroatoms. The van der Waals surface area contributed by atoms with Crippen LogP contribution in [0.15, 0.2) is 54.6 Å². The number of nitro benzene ring substituents is 1. The smallest absolute Gasteiger partial charge is 0.269 e. The van der Waals surface area contributed by atoms with Gasteiger partial charge in [0.25, 0.3) is 5.69 Å². The van der Waals surface area contributed by atoms with E-state index in [0.717, 1.165) is 23.2 Å². The molecule has 0 radical (unpaired) electrons. The molecule has 2 aromatic rings. The van der Waals surface area contributed by atoms with E-state index in [1.165, 1.54) is 18.2 Å². The second kappa shape index (κ2) is 5.19. The molecule has 0 bridgehead atoms. The lowest BCUT2D eigenvalue weighted by atomic mass is 9.77. The maximum Gasteiger partial charge on any atom is 0.269 e. The normalized spacial score (nSPS) is 24.7. The zero-order chi connectivity index (χ0) is 16.0. The molecule has 2 aromatic carbocycles. The molecule has 0 amide bonds. The first-order chi connectivity index (χ1) is 11.1. The fourth-order valence-corrected chi connectivity index (χ4v) is 3.70. The summed E-state index contributed by atoms with van der Waals surface area (Å²) >= 11 is 0. The van der Waals surface area contributed by atoms with Crippen molar-refractivity contribution in [1.82, 2.24) is 0 Å². The van der Waals surface area contributed by atoms with Crippen LogP contribution in [-0.4, -0.2) is 4.92 Å². The zero-order valence-corrected chi connectivity index (χ0v) is 12.3. The summed E-state index contributed by atoms with van der Waals surface area (Å²) in [5, 5.41) is 14.5. The predicted octanol–water partition coefficient (Wildman–Crippen LogP) is 4.56. The molecule has 0 saturated heterocycles. The first kappa shape index (κ1) is 13.9. The summed E-state index contributed by atoms with van der Waals surface area (Å²) in [7, 11) is 0. The Morgan fingerprint density at radius 3 is 2.70 bits per heavy atom. The highest BCUT2D eigenvalue weighted by Crippen LogP contribution is 2.50. The summed E-state index contributed by atoms with van der Waals surface area (Å²) in [5.41, 5.74) is 3.04. The van der Waals surface area contributed by atoms with Crippen LogP contribution in [-0.2, 0) is 0 Å². The molecule has 4 nitrogen and oxygen atoms in total. The van der Waals surface area contributed by atoms with Crippen LogP contribution < -0.4 is 5.32 Å². The van der Waals surface area contributed by atoms with Crippen molar-refractivity contribution in [2.24, 2.45) is 5.92 Å². The molecular formula is C18H15FN2O2. The Balaban J connectivity index is 1.77. The zero-order valence-electron chi connectivity index (χ0n) is 12.3. The van der Waals surface area contributed by atoms with E-state index in [-0.39, 0.29) is 34.3 Å². The van der Waals surface area contributed by atoms with Crippen LogP contribution in [0.4, 0.5) is 15.8 Å². The number of halogens is 1. The number of nitrogens with one attached hydrogen (secondary N) is 1. The molecule has 1 N–H and O–H groups in total. The fourth-order valence-electron chi connectivity index (χ4n) is 3.70. The van der Waals surface area contributed by atoms with Gasteiger partial charge < -0.3 is 5.32 Å². The molecule has 0 saturated carbocycles. The lowest BCUT2D eigenvalue weighted by molar-refractivity contribution is -0.384. The van der Waals surface area contributed by atoms with Gasteiger partial charge in [-0.2, -0.15) is 0 Å². The SMILES string of the molecule is O=[N+]([O-])c1ccc2c(c1)C1C=CCC1C(c1ccc(F)cc1)N2. The van der Waals surface area contributed by atoms with Crippen LogP contribution in [0, 0.1) is 21.8 Å². The van der Waals surface area contributed by atoms with Crippen molar-refractivity contribution in [3.63, 3.8) is 0 Å². The Bertz CT molecular complexity index is 801. The van der Waals surface area contributed by atoms with Crippen molar-refractivity contribution >= 4 is 11.4 Å². The lowest BCUT2D eigenvalue weighted by Gasteiger charge is -2.37. The number of non-ortho nitro benzene ring substituents is 1. The largest absolute Gasteiger partial charge is 0.378 e. The molecule has 3 unspecified atom stereocenters. The quantitative estimate of drug-likeness (QED) is 0.502.